The summed E-state index contributed by atoms with van der Waals surface area (Å²) in [4.78, 5) is 2.49. The van der Waals surface area contributed by atoms with Gasteiger partial charge in [0.15, 0.2) is 0 Å². The number of hydrogen-bond acceptors (Lipinski definition) is 2. The smallest absolute Gasteiger partial charge is 0.115 e. The van der Waals surface area contributed by atoms with Gasteiger partial charge in [-0.3, -0.25) is 0 Å². The summed E-state index contributed by atoms with van der Waals surface area (Å²) in [6, 6.07) is 6.64. The minimum Gasteiger partial charge on any atom is -0.508 e. The number of benzene rings is 1. The van der Waals surface area contributed by atoms with Crippen molar-refractivity contribution < 1.29 is 5.11 Å². The molecule has 1 N–H and O–H groups in total. The van der Waals surface area contributed by atoms with Crippen molar-refractivity contribution in [3.8, 4) is 5.75 Å². The van der Waals surface area contributed by atoms with Crippen LogP contribution in [0.15, 0.2) is 18.2 Å². The highest BCUT2D eigenvalue weighted by molar-refractivity contribution is 5.44. The van der Waals surface area contributed by atoms with Crippen LogP contribution in [0, 0.1) is 0 Å². The van der Waals surface area contributed by atoms with Crippen molar-refractivity contribution in [3.63, 3.8) is 0 Å². The van der Waals surface area contributed by atoms with Gasteiger partial charge in [-0.05, 0) is 49.6 Å². The van der Waals surface area contributed by atoms with E-state index in [0.717, 1.165) is 13.0 Å². The van der Waals surface area contributed by atoms with Gasteiger partial charge in [0.05, 0.1) is 0 Å². The maximum Gasteiger partial charge on any atom is 0.115 e. The molecule has 2 heteroatoms. The fourth-order valence-corrected chi connectivity index (χ4v) is 3.64. The second-order valence-electron chi connectivity index (χ2n) is 5.45. The van der Waals surface area contributed by atoms with E-state index in [2.05, 4.69) is 24.9 Å². The van der Waals surface area contributed by atoms with E-state index in [4.69, 9.17) is 0 Å². The molecule has 16 heavy (non-hydrogen) atoms. The highest BCUT2D eigenvalue weighted by Crippen LogP contribution is 2.47. The van der Waals surface area contributed by atoms with Gasteiger partial charge in [0, 0.05) is 18.0 Å². The van der Waals surface area contributed by atoms with Crippen LogP contribution in [-0.4, -0.2) is 29.6 Å². The number of likely N-dealkylation sites (N-methyl/N-ethyl adjacent to an activating group) is 1. The van der Waals surface area contributed by atoms with Gasteiger partial charge in [0.2, 0.25) is 0 Å². The lowest BCUT2D eigenvalue weighted by Crippen LogP contribution is -2.31. The minimum atomic E-state index is 0.297. The molecule has 1 heterocycles. The van der Waals surface area contributed by atoms with Crippen molar-refractivity contribution in [1.29, 1.82) is 0 Å². The molecule has 1 aromatic rings. The first-order valence-electron chi connectivity index (χ1n) is 6.17. The van der Waals surface area contributed by atoms with Crippen LogP contribution in [0.3, 0.4) is 0 Å². The molecule has 2 aliphatic rings. The molecule has 3 rings (SSSR count). The van der Waals surface area contributed by atoms with E-state index in [1.165, 1.54) is 24.0 Å². The van der Waals surface area contributed by atoms with Crippen LogP contribution in [0.5, 0.6) is 5.75 Å². The average molecular weight is 217 g/mol. The molecule has 0 amide bonds. The van der Waals surface area contributed by atoms with Gasteiger partial charge in [-0.15, -0.1) is 0 Å². The molecule has 2 nitrogen and oxygen atoms in total. The van der Waals surface area contributed by atoms with E-state index in [-0.39, 0.29) is 0 Å². The quantitative estimate of drug-likeness (QED) is 0.780. The van der Waals surface area contributed by atoms with Crippen molar-refractivity contribution in [2.24, 2.45) is 0 Å². The van der Waals surface area contributed by atoms with E-state index < -0.39 is 0 Å². The number of phenolic OH excluding ortho intramolecular Hbond substituents is 1. The first kappa shape index (κ1) is 10.2. The Balaban J connectivity index is 2.16. The predicted molar refractivity (Wildman–Crippen MR) is 64.8 cm³/mol. The third-order valence-electron chi connectivity index (χ3n) is 4.60. The average Bonchev–Trinajstić information content (AvgIpc) is 2.55. The van der Waals surface area contributed by atoms with Gasteiger partial charge in [-0.2, -0.15) is 0 Å². The molecule has 1 aliphatic heterocycles. The van der Waals surface area contributed by atoms with Crippen molar-refractivity contribution in [2.45, 2.75) is 37.6 Å². The Bertz CT molecular complexity index is 425. The number of likely N-dealkylation sites (tertiary alicyclic amines) is 1. The molecule has 0 saturated carbocycles. The molecule has 0 radical (unpaired) electrons. The van der Waals surface area contributed by atoms with E-state index in [1.54, 1.807) is 0 Å². The van der Waals surface area contributed by atoms with Crippen LogP contribution in [0.2, 0.25) is 0 Å². The van der Waals surface area contributed by atoms with Crippen molar-refractivity contribution in [2.75, 3.05) is 13.6 Å². The Morgan fingerprint density at radius 3 is 3.06 bits per heavy atom. The summed E-state index contributed by atoms with van der Waals surface area (Å²) in [5.41, 5.74) is 3.14. The summed E-state index contributed by atoms with van der Waals surface area (Å²) in [7, 11) is 2.23. The zero-order valence-electron chi connectivity index (χ0n) is 10.0. The van der Waals surface area contributed by atoms with E-state index in [0.29, 0.717) is 17.2 Å². The number of fused-ring (bicyclic) bond motifs is 4. The highest BCUT2D eigenvalue weighted by atomic mass is 16.3. The molecule has 1 saturated heterocycles. The molecule has 1 fully saturated rings. The minimum absolute atomic E-state index is 0.297. The Morgan fingerprint density at radius 1 is 1.50 bits per heavy atom. The molecule has 1 aromatic carbocycles. The van der Waals surface area contributed by atoms with Gasteiger partial charge in [0.25, 0.3) is 0 Å². The summed E-state index contributed by atoms with van der Waals surface area (Å²) in [6.07, 6.45) is 3.58. The molecule has 86 valence electrons. The largest absolute Gasteiger partial charge is 0.508 e. The fourth-order valence-electron chi connectivity index (χ4n) is 3.64. The lowest BCUT2D eigenvalue weighted by atomic mass is 9.70. The fraction of sp³-hybridized carbons (Fsp3) is 0.571. The maximum atomic E-state index is 9.68. The first-order chi connectivity index (χ1) is 7.64. The molecule has 1 aliphatic carbocycles. The number of rotatable bonds is 1. The van der Waals surface area contributed by atoms with E-state index in [9.17, 15) is 5.11 Å². The van der Waals surface area contributed by atoms with E-state index >= 15 is 0 Å². The molecule has 0 spiro atoms. The molecule has 2 unspecified atom stereocenters. The van der Waals surface area contributed by atoms with Crippen molar-refractivity contribution >= 4 is 0 Å². The SMILES string of the molecule is CCC12CC(Cc3ccc(O)cc31)N(C)C2. The van der Waals surface area contributed by atoms with Crippen molar-refractivity contribution in [1.82, 2.24) is 4.90 Å². The highest BCUT2D eigenvalue weighted by Gasteiger charge is 2.46. The van der Waals surface area contributed by atoms with Crippen LogP contribution in [-0.2, 0) is 11.8 Å². The Labute approximate surface area is 96.9 Å². The number of nitrogens with zero attached hydrogens (tertiary/aromatic N) is 1. The summed E-state index contributed by atoms with van der Waals surface area (Å²) in [6.45, 7) is 3.42. The molecule has 2 bridgehead atoms. The lowest BCUT2D eigenvalue weighted by molar-refractivity contribution is 0.308. The van der Waals surface area contributed by atoms with Gasteiger partial charge in [-0.25, -0.2) is 0 Å². The van der Waals surface area contributed by atoms with Gasteiger partial charge >= 0.3 is 0 Å². The molecule has 2 atom stereocenters. The number of aromatic hydroxyl groups is 1. The van der Waals surface area contributed by atoms with Crippen LogP contribution >= 0.6 is 0 Å². The van der Waals surface area contributed by atoms with Crippen LogP contribution < -0.4 is 0 Å². The normalized spacial score (nSPS) is 32.8. The lowest BCUT2D eigenvalue weighted by Gasteiger charge is -2.33. The van der Waals surface area contributed by atoms with Crippen molar-refractivity contribution in [3.05, 3.63) is 29.3 Å². The first-order valence-corrected chi connectivity index (χ1v) is 6.17. The van der Waals surface area contributed by atoms with Crippen LogP contribution in [0.1, 0.15) is 30.9 Å². The zero-order chi connectivity index (χ0) is 11.3. The Hall–Kier alpha value is -1.02. The standard InChI is InChI=1S/C14H19NO/c1-3-14-8-11(15(2)9-14)6-10-4-5-12(16)7-13(10)14/h4-5,7,11,16H,3,6,8-9H2,1-2H3. The number of phenols is 1. The summed E-state index contributed by atoms with van der Waals surface area (Å²) in [5.74, 6) is 0.416. The van der Waals surface area contributed by atoms with E-state index in [1.807, 2.05) is 12.1 Å². The second-order valence-corrected chi connectivity index (χ2v) is 5.45. The van der Waals surface area contributed by atoms with Crippen LogP contribution in [0.25, 0.3) is 0 Å². The summed E-state index contributed by atoms with van der Waals surface area (Å²) >= 11 is 0. The van der Waals surface area contributed by atoms with Gasteiger partial charge in [-0.1, -0.05) is 13.0 Å². The topological polar surface area (TPSA) is 23.5 Å². The van der Waals surface area contributed by atoms with Crippen LogP contribution in [0.4, 0.5) is 0 Å². The molecular weight excluding hydrogens is 198 g/mol. The zero-order valence-corrected chi connectivity index (χ0v) is 10.0. The molecular formula is C14H19NO. The third kappa shape index (κ3) is 1.23. The van der Waals surface area contributed by atoms with Gasteiger partial charge in [0.1, 0.15) is 5.75 Å². The monoisotopic (exact) mass is 217 g/mol. The molecule has 0 aromatic heterocycles. The second kappa shape index (κ2) is 3.24. The van der Waals surface area contributed by atoms with Gasteiger partial charge < -0.3 is 10.0 Å². The Kier molecular flexibility index (Phi) is 2.05. The summed E-state index contributed by atoms with van der Waals surface area (Å²) < 4.78 is 0. The number of hydrogen-bond donors (Lipinski definition) is 1. The Morgan fingerprint density at radius 2 is 2.31 bits per heavy atom. The predicted octanol–water partition coefficient (Wildman–Crippen LogP) is 2.30. The maximum absolute atomic E-state index is 9.68. The third-order valence-corrected chi connectivity index (χ3v) is 4.60. The summed E-state index contributed by atoms with van der Waals surface area (Å²) in [5, 5.41) is 9.68.